The molecule has 4 aromatic rings. The first-order chi connectivity index (χ1) is 15.6. The second-order valence-corrected chi connectivity index (χ2v) is 8.09. The molecule has 4 rings (SSSR count). The number of nitrogens with one attached hydrogen (secondary N) is 1. The van der Waals surface area contributed by atoms with Crippen molar-refractivity contribution in [3.05, 3.63) is 113 Å². The Morgan fingerprint density at radius 1 is 0.844 bits per heavy atom. The second kappa shape index (κ2) is 10.2. The molecule has 0 radical (unpaired) electrons. The number of carbonyl (C=O) groups excluding carboxylic acids is 1. The molecule has 0 saturated carbocycles. The predicted molar refractivity (Wildman–Crippen MR) is 131 cm³/mol. The summed E-state index contributed by atoms with van der Waals surface area (Å²) in [6.45, 7) is 0.284. The van der Waals surface area contributed by atoms with Gasteiger partial charge in [-0.05, 0) is 59.7 Å². The number of anilines is 1. The average Bonchev–Trinajstić information content (AvgIpc) is 2.83. The van der Waals surface area contributed by atoms with Gasteiger partial charge in [-0.15, -0.1) is 0 Å². The van der Waals surface area contributed by atoms with Crippen molar-refractivity contribution < 1.29 is 14.3 Å². The van der Waals surface area contributed by atoms with E-state index in [-0.39, 0.29) is 12.5 Å². The molecule has 1 amide bonds. The molecule has 0 aliphatic rings. The number of rotatable bonds is 7. The molecule has 0 aliphatic carbocycles. The molecule has 0 heterocycles. The van der Waals surface area contributed by atoms with Gasteiger partial charge in [0.25, 0.3) is 5.91 Å². The lowest BCUT2D eigenvalue weighted by Gasteiger charge is -2.13. The lowest BCUT2D eigenvalue weighted by atomic mass is 10.1. The van der Waals surface area contributed by atoms with Crippen LogP contribution in [0.15, 0.2) is 102 Å². The molecule has 0 bridgehead atoms. The fourth-order valence-electron chi connectivity index (χ4n) is 3.34. The monoisotopic (exact) mass is 487 g/mol. The van der Waals surface area contributed by atoms with Crippen LogP contribution >= 0.6 is 15.9 Å². The van der Waals surface area contributed by atoms with E-state index in [0.29, 0.717) is 11.3 Å². The fourth-order valence-corrected chi connectivity index (χ4v) is 3.74. The Balaban J connectivity index is 1.46. The normalized spacial score (nSPS) is 10.4. The lowest BCUT2D eigenvalue weighted by Crippen LogP contribution is -2.12. The maximum absolute atomic E-state index is 12.7. The van der Waals surface area contributed by atoms with E-state index in [0.717, 1.165) is 32.6 Å². The van der Waals surface area contributed by atoms with Gasteiger partial charge >= 0.3 is 0 Å². The minimum atomic E-state index is -0.195. The zero-order valence-corrected chi connectivity index (χ0v) is 19.1. The van der Waals surface area contributed by atoms with Crippen molar-refractivity contribution in [3.63, 3.8) is 0 Å². The summed E-state index contributed by atoms with van der Waals surface area (Å²) in [4.78, 5) is 12.7. The molecule has 4 aromatic carbocycles. The largest absolute Gasteiger partial charge is 0.496 e. The molecule has 0 atom stereocenters. The Labute approximate surface area is 196 Å². The van der Waals surface area contributed by atoms with Gasteiger partial charge in [-0.2, -0.15) is 0 Å². The van der Waals surface area contributed by atoms with Crippen LogP contribution in [0.1, 0.15) is 15.9 Å². The van der Waals surface area contributed by atoms with Gasteiger partial charge in [-0.3, -0.25) is 4.79 Å². The number of benzene rings is 4. The summed E-state index contributed by atoms with van der Waals surface area (Å²) in [5, 5.41) is 2.91. The number of carbonyl (C=O) groups is 1. The summed E-state index contributed by atoms with van der Waals surface area (Å²) in [5.41, 5.74) is 4.33. The van der Waals surface area contributed by atoms with Crippen LogP contribution in [-0.2, 0) is 6.61 Å². The standard InChI is InChI=1S/C27H22BrNO3/c1-31-26-15-12-21(27(30)29-24-9-5-8-23(28)17-24)16-22(26)18-32-25-13-10-20(11-14-25)19-6-3-2-4-7-19/h2-17H,18H2,1H3,(H,29,30). The van der Waals surface area contributed by atoms with E-state index in [1.807, 2.05) is 66.7 Å². The number of hydrogen-bond donors (Lipinski definition) is 1. The molecule has 0 unspecified atom stereocenters. The average molecular weight is 488 g/mol. The summed E-state index contributed by atoms with van der Waals surface area (Å²) < 4.78 is 12.3. The highest BCUT2D eigenvalue weighted by Gasteiger charge is 2.12. The van der Waals surface area contributed by atoms with E-state index in [2.05, 4.69) is 33.4 Å². The topological polar surface area (TPSA) is 47.6 Å². The zero-order chi connectivity index (χ0) is 22.3. The Morgan fingerprint density at radius 2 is 1.59 bits per heavy atom. The van der Waals surface area contributed by atoms with Gasteiger partial charge in [-0.1, -0.05) is 64.5 Å². The Morgan fingerprint density at radius 3 is 2.31 bits per heavy atom. The summed E-state index contributed by atoms with van der Waals surface area (Å²) >= 11 is 3.41. The second-order valence-electron chi connectivity index (χ2n) is 7.17. The van der Waals surface area contributed by atoms with Gasteiger partial charge in [0.2, 0.25) is 0 Å². The molecule has 0 aromatic heterocycles. The quantitative estimate of drug-likeness (QED) is 0.306. The van der Waals surface area contributed by atoms with Crippen molar-refractivity contribution in [2.75, 3.05) is 12.4 Å². The minimum Gasteiger partial charge on any atom is -0.496 e. The number of halogens is 1. The van der Waals surface area contributed by atoms with Gasteiger partial charge in [-0.25, -0.2) is 0 Å². The van der Waals surface area contributed by atoms with E-state index < -0.39 is 0 Å². The molecule has 0 spiro atoms. The molecule has 32 heavy (non-hydrogen) atoms. The Kier molecular flexibility index (Phi) is 6.87. The van der Waals surface area contributed by atoms with Gasteiger partial charge in [0.15, 0.2) is 0 Å². The third-order valence-electron chi connectivity index (χ3n) is 4.98. The van der Waals surface area contributed by atoms with Crippen LogP contribution in [0.4, 0.5) is 5.69 Å². The molecule has 5 heteroatoms. The first-order valence-corrected chi connectivity index (χ1v) is 10.9. The fraction of sp³-hybridized carbons (Fsp3) is 0.0741. The Bertz CT molecular complexity index is 1210. The van der Waals surface area contributed by atoms with E-state index in [1.54, 1.807) is 25.3 Å². The van der Waals surface area contributed by atoms with E-state index in [9.17, 15) is 4.79 Å². The smallest absolute Gasteiger partial charge is 0.255 e. The molecule has 0 fully saturated rings. The molecule has 0 aliphatic heterocycles. The van der Waals surface area contributed by atoms with Crippen LogP contribution in [0.3, 0.4) is 0 Å². The predicted octanol–water partition coefficient (Wildman–Crippen LogP) is 6.96. The number of ether oxygens (including phenoxy) is 2. The third-order valence-corrected chi connectivity index (χ3v) is 5.47. The summed E-state index contributed by atoms with van der Waals surface area (Å²) in [6, 6.07) is 30.9. The van der Waals surface area contributed by atoms with Crippen molar-refractivity contribution >= 4 is 27.5 Å². The molecular weight excluding hydrogens is 466 g/mol. The lowest BCUT2D eigenvalue weighted by molar-refractivity contribution is 0.102. The summed E-state index contributed by atoms with van der Waals surface area (Å²) in [7, 11) is 1.61. The maximum atomic E-state index is 12.7. The summed E-state index contributed by atoms with van der Waals surface area (Å²) in [6.07, 6.45) is 0. The Hall–Kier alpha value is -3.57. The van der Waals surface area contributed by atoms with Crippen molar-refractivity contribution in [2.45, 2.75) is 6.61 Å². The van der Waals surface area contributed by atoms with Crippen LogP contribution in [0.5, 0.6) is 11.5 Å². The number of amides is 1. The molecule has 160 valence electrons. The highest BCUT2D eigenvalue weighted by Crippen LogP contribution is 2.25. The van der Waals surface area contributed by atoms with Crippen molar-refractivity contribution in [3.8, 4) is 22.6 Å². The van der Waals surface area contributed by atoms with Crippen molar-refractivity contribution in [2.24, 2.45) is 0 Å². The van der Waals surface area contributed by atoms with Crippen molar-refractivity contribution in [1.82, 2.24) is 0 Å². The highest BCUT2D eigenvalue weighted by molar-refractivity contribution is 9.10. The zero-order valence-electron chi connectivity index (χ0n) is 17.5. The van der Waals surface area contributed by atoms with Crippen molar-refractivity contribution in [1.29, 1.82) is 0 Å². The highest BCUT2D eigenvalue weighted by atomic mass is 79.9. The molecule has 4 nitrogen and oxygen atoms in total. The van der Waals surface area contributed by atoms with E-state index in [4.69, 9.17) is 9.47 Å². The molecular formula is C27H22BrNO3. The van der Waals surface area contributed by atoms with Gasteiger partial charge < -0.3 is 14.8 Å². The maximum Gasteiger partial charge on any atom is 0.255 e. The van der Waals surface area contributed by atoms with Gasteiger partial charge in [0.1, 0.15) is 18.1 Å². The van der Waals surface area contributed by atoms with Gasteiger partial charge in [0, 0.05) is 21.3 Å². The van der Waals surface area contributed by atoms with Gasteiger partial charge in [0.05, 0.1) is 7.11 Å². The number of methoxy groups -OCH3 is 1. The van der Waals surface area contributed by atoms with Crippen LogP contribution < -0.4 is 14.8 Å². The van der Waals surface area contributed by atoms with Crippen LogP contribution in [-0.4, -0.2) is 13.0 Å². The third kappa shape index (κ3) is 5.37. The van der Waals surface area contributed by atoms with Crippen LogP contribution in [0.2, 0.25) is 0 Å². The number of hydrogen-bond acceptors (Lipinski definition) is 3. The van der Waals surface area contributed by atoms with Crippen LogP contribution in [0.25, 0.3) is 11.1 Å². The molecule has 0 saturated heterocycles. The molecule has 1 N–H and O–H groups in total. The van der Waals surface area contributed by atoms with E-state index in [1.165, 1.54) is 0 Å². The SMILES string of the molecule is COc1ccc(C(=O)Nc2cccc(Br)c2)cc1COc1ccc(-c2ccccc2)cc1. The van der Waals surface area contributed by atoms with Crippen LogP contribution in [0, 0.1) is 0 Å². The minimum absolute atomic E-state index is 0.195. The first-order valence-electron chi connectivity index (χ1n) is 10.1. The summed E-state index contributed by atoms with van der Waals surface area (Å²) in [5.74, 6) is 1.22. The first kappa shape index (κ1) is 21.7. The van der Waals surface area contributed by atoms with E-state index >= 15 is 0 Å².